The molecule has 0 radical (unpaired) electrons. The number of nitrogen functional groups attached to an aromatic ring is 1. The fourth-order valence-corrected chi connectivity index (χ4v) is 3.29. The molecule has 2 N–H and O–H groups in total. The summed E-state index contributed by atoms with van der Waals surface area (Å²) in [5.74, 6) is 7.48. The monoisotopic (exact) mass is 310 g/mol. The molecule has 0 saturated carbocycles. The number of halogens is 1. The minimum absolute atomic E-state index is 0.292. The summed E-state index contributed by atoms with van der Waals surface area (Å²) >= 11 is 7.72. The standard InChI is InChI=1S/C13H15ClN4OS/c14-11-6-2-1-5-10(11)12-16-17-13(18(12)15)20-8-9-4-3-7-19-9/h1-2,5-6,9H,3-4,7-8,15H2. The van der Waals surface area contributed by atoms with Gasteiger partial charge in [-0.05, 0) is 25.0 Å². The van der Waals surface area contributed by atoms with Gasteiger partial charge in [0.15, 0.2) is 5.82 Å². The lowest BCUT2D eigenvalue weighted by molar-refractivity contribution is 0.129. The average Bonchev–Trinajstić information content (AvgIpc) is 3.07. The summed E-state index contributed by atoms with van der Waals surface area (Å²) in [6.07, 6.45) is 2.52. The van der Waals surface area contributed by atoms with Crippen molar-refractivity contribution < 1.29 is 4.74 Å². The second kappa shape index (κ2) is 6.03. The Hall–Kier alpha value is -1.24. The molecule has 1 saturated heterocycles. The van der Waals surface area contributed by atoms with Crippen LogP contribution in [-0.2, 0) is 4.74 Å². The highest BCUT2D eigenvalue weighted by Gasteiger charge is 2.19. The Morgan fingerprint density at radius 2 is 2.25 bits per heavy atom. The lowest BCUT2D eigenvalue weighted by Crippen LogP contribution is -2.14. The molecule has 0 amide bonds. The third-order valence-corrected chi connectivity index (χ3v) is 4.61. The molecule has 20 heavy (non-hydrogen) atoms. The van der Waals surface area contributed by atoms with Gasteiger partial charge < -0.3 is 10.6 Å². The van der Waals surface area contributed by atoms with Crippen LogP contribution in [0.3, 0.4) is 0 Å². The summed E-state index contributed by atoms with van der Waals surface area (Å²) in [6, 6.07) is 7.46. The maximum absolute atomic E-state index is 6.16. The lowest BCUT2D eigenvalue weighted by Gasteiger charge is -2.08. The van der Waals surface area contributed by atoms with Crippen LogP contribution in [0.1, 0.15) is 12.8 Å². The van der Waals surface area contributed by atoms with Gasteiger partial charge in [0.25, 0.3) is 0 Å². The van der Waals surface area contributed by atoms with E-state index < -0.39 is 0 Å². The van der Waals surface area contributed by atoms with Crippen molar-refractivity contribution in [1.29, 1.82) is 0 Å². The number of ether oxygens (including phenoxy) is 1. The molecule has 106 valence electrons. The minimum atomic E-state index is 0.292. The topological polar surface area (TPSA) is 66.0 Å². The van der Waals surface area contributed by atoms with Gasteiger partial charge in [-0.2, -0.15) is 0 Å². The zero-order chi connectivity index (χ0) is 13.9. The number of hydrogen-bond acceptors (Lipinski definition) is 5. The van der Waals surface area contributed by atoms with E-state index in [1.165, 1.54) is 4.68 Å². The van der Waals surface area contributed by atoms with E-state index in [0.29, 0.717) is 22.1 Å². The highest BCUT2D eigenvalue weighted by atomic mass is 35.5. The highest BCUT2D eigenvalue weighted by Crippen LogP contribution is 2.28. The van der Waals surface area contributed by atoms with Crippen LogP contribution in [0.25, 0.3) is 11.4 Å². The van der Waals surface area contributed by atoms with Gasteiger partial charge in [-0.15, -0.1) is 10.2 Å². The lowest BCUT2D eigenvalue weighted by atomic mass is 10.2. The summed E-state index contributed by atoms with van der Waals surface area (Å²) in [6.45, 7) is 0.853. The van der Waals surface area contributed by atoms with Gasteiger partial charge in [0, 0.05) is 17.9 Å². The first-order valence-electron chi connectivity index (χ1n) is 6.45. The van der Waals surface area contributed by atoms with E-state index >= 15 is 0 Å². The molecule has 0 spiro atoms. The van der Waals surface area contributed by atoms with Crippen molar-refractivity contribution in [1.82, 2.24) is 14.9 Å². The Bertz CT molecular complexity index is 598. The first kappa shape index (κ1) is 13.7. The summed E-state index contributed by atoms with van der Waals surface area (Å²) in [7, 11) is 0. The number of aromatic nitrogens is 3. The molecule has 1 aliphatic heterocycles. The van der Waals surface area contributed by atoms with Gasteiger partial charge in [-0.25, -0.2) is 4.68 Å². The Kier molecular flexibility index (Phi) is 4.14. The molecule has 1 atom stereocenters. The minimum Gasteiger partial charge on any atom is -0.377 e. The van der Waals surface area contributed by atoms with Crippen molar-refractivity contribution in [3.05, 3.63) is 29.3 Å². The molecule has 0 bridgehead atoms. The number of nitrogens with two attached hydrogens (primary N) is 1. The number of nitrogens with zero attached hydrogens (tertiary/aromatic N) is 3. The Morgan fingerprint density at radius 3 is 3.00 bits per heavy atom. The Labute approximate surface area is 126 Å². The third kappa shape index (κ3) is 2.77. The van der Waals surface area contributed by atoms with Crippen LogP contribution in [0.4, 0.5) is 0 Å². The number of benzene rings is 1. The second-order valence-corrected chi connectivity index (χ2v) is 6.00. The summed E-state index contributed by atoms with van der Waals surface area (Å²) in [4.78, 5) is 0. The van der Waals surface area contributed by atoms with Crippen molar-refractivity contribution in [3.8, 4) is 11.4 Å². The van der Waals surface area contributed by atoms with Crippen LogP contribution >= 0.6 is 23.4 Å². The zero-order valence-electron chi connectivity index (χ0n) is 10.8. The molecule has 1 aliphatic rings. The van der Waals surface area contributed by atoms with E-state index in [-0.39, 0.29) is 0 Å². The van der Waals surface area contributed by atoms with Crippen molar-refractivity contribution in [2.45, 2.75) is 24.1 Å². The van der Waals surface area contributed by atoms with Crippen LogP contribution in [0.15, 0.2) is 29.4 Å². The van der Waals surface area contributed by atoms with Gasteiger partial charge in [0.05, 0.1) is 11.1 Å². The molecule has 1 aromatic carbocycles. The second-order valence-electron chi connectivity index (χ2n) is 4.60. The normalized spacial score (nSPS) is 18.6. The van der Waals surface area contributed by atoms with Crippen molar-refractivity contribution in [2.75, 3.05) is 18.2 Å². The molecule has 0 aliphatic carbocycles. The first-order chi connectivity index (χ1) is 9.75. The molecular weight excluding hydrogens is 296 g/mol. The number of hydrogen-bond donors (Lipinski definition) is 1. The molecule has 2 heterocycles. The molecule has 1 fully saturated rings. The SMILES string of the molecule is Nn1c(SCC2CCCO2)nnc1-c1ccccc1Cl. The molecule has 5 nitrogen and oxygen atoms in total. The summed E-state index contributed by atoms with van der Waals surface area (Å²) < 4.78 is 7.07. The third-order valence-electron chi connectivity index (χ3n) is 3.20. The van der Waals surface area contributed by atoms with Crippen LogP contribution < -0.4 is 5.84 Å². The molecule has 2 aromatic rings. The van der Waals surface area contributed by atoms with E-state index in [1.807, 2.05) is 24.3 Å². The maximum atomic E-state index is 6.16. The van der Waals surface area contributed by atoms with Gasteiger partial charge in [-0.3, -0.25) is 0 Å². The first-order valence-corrected chi connectivity index (χ1v) is 7.82. The van der Waals surface area contributed by atoms with Crippen LogP contribution in [0.5, 0.6) is 0 Å². The molecule has 3 rings (SSSR count). The molecular formula is C13H15ClN4OS. The van der Waals surface area contributed by atoms with E-state index in [1.54, 1.807) is 11.8 Å². The van der Waals surface area contributed by atoms with Crippen LogP contribution in [-0.4, -0.2) is 33.3 Å². The number of rotatable bonds is 4. The number of thioether (sulfide) groups is 1. The fraction of sp³-hybridized carbons (Fsp3) is 0.385. The van der Waals surface area contributed by atoms with Crippen molar-refractivity contribution in [2.24, 2.45) is 0 Å². The predicted molar refractivity (Wildman–Crippen MR) is 80.3 cm³/mol. The van der Waals surface area contributed by atoms with E-state index in [2.05, 4.69) is 10.2 Å². The van der Waals surface area contributed by atoms with Gasteiger partial charge >= 0.3 is 0 Å². The van der Waals surface area contributed by atoms with Gasteiger partial charge in [0.2, 0.25) is 5.16 Å². The fourth-order valence-electron chi connectivity index (χ4n) is 2.14. The zero-order valence-corrected chi connectivity index (χ0v) is 12.4. The van der Waals surface area contributed by atoms with Crippen molar-refractivity contribution >= 4 is 23.4 Å². The van der Waals surface area contributed by atoms with E-state index in [4.69, 9.17) is 22.2 Å². The molecule has 1 aromatic heterocycles. The Balaban J connectivity index is 1.76. The summed E-state index contributed by atoms with van der Waals surface area (Å²) in [5, 5.41) is 9.55. The molecule has 7 heteroatoms. The van der Waals surface area contributed by atoms with E-state index in [9.17, 15) is 0 Å². The van der Waals surface area contributed by atoms with Gasteiger partial charge in [0.1, 0.15) is 0 Å². The van der Waals surface area contributed by atoms with Crippen LogP contribution in [0.2, 0.25) is 5.02 Å². The highest BCUT2D eigenvalue weighted by molar-refractivity contribution is 7.99. The van der Waals surface area contributed by atoms with Crippen LogP contribution in [0, 0.1) is 0 Å². The predicted octanol–water partition coefficient (Wildman–Crippen LogP) is 2.58. The average molecular weight is 311 g/mol. The molecule has 1 unspecified atom stereocenters. The van der Waals surface area contributed by atoms with E-state index in [0.717, 1.165) is 30.8 Å². The Morgan fingerprint density at radius 1 is 1.40 bits per heavy atom. The van der Waals surface area contributed by atoms with Crippen molar-refractivity contribution in [3.63, 3.8) is 0 Å². The maximum Gasteiger partial charge on any atom is 0.210 e. The van der Waals surface area contributed by atoms with Gasteiger partial charge in [-0.1, -0.05) is 35.5 Å². The summed E-state index contributed by atoms with van der Waals surface area (Å²) in [5.41, 5.74) is 0.785. The quantitative estimate of drug-likeness (QED) is 0.694. The largest absolute Gasteiger partial charge is 0.377 e. The smallest absolute Gasteiger partial charge is 0.210 e.